The number of halogens is 1. The maximum absolute atomic E-state index is 14.0. The summed E-state index contributed by atoms with van der Waals surface area (Å²) in [6, 6.07) is 10.4. The van der Waals surface area contributed by atoms with Crippen LogP contribution in [0.4, 0.5) is 4.39 Å². The zero-order valence-corrected chi connectivity index (χ0v) is 17.8. The third kappa shape index (κ3) is 3.51. The van der Waals surface area contributed by atoms with Crippen LogP contribution in [0.3, 0.4) is 0 Å². The number of benzene rings is 2. The first-order valence-corrected chi connectivity index (χ1v) is 10.6. The zero-order valence-electron chi connectivity index (χ0n) is 17.8. The highest BCUT2D eigenvalue weighted by molar-refractivity contribution is 5.89. The number of carbonyl (C=O) groups excluding carboxylic acids is 1. The molecule has 2 aromatic heterocycles. The van der Waals surface area contributed by atoms with Gasteiger partial charge in [-0.05, 0) is 61.7 Å². The zero-order chi connectivity index (χ0) is 22.2. The van der Waals surface area contributed by atoms with Crippen molar-refractivity contribution in [2.75, 3.05) is 13.7 Å². The highest BCUT2D eigenvalue weighted by atomic mass is 19.1. The van der Waals surface area contributed by atoms with E-state index in [1.54, 1.807) is 6.07 Å². The van der Waals surface area contributed by atoms with Gasteiger partial charge in [-0.3, -0.25) is 4.79 Å². The molecule has 1 aliphatic carbocycles. The molecule has 8 heteroatoms. The molecule has 4 aromatic rings. The minimum absolute atomic E-state index is 0.140. The van der Waals surface area contributed by atoms with E-state index in [-0.39, 0.29) is 23.5 Å². The van der Waals surface area contributed by atoms with E-state index < -0.39 is 5.82 Å². The molecular weight excluding hydrogens is 413 g/mol. The maximum Gasteiger partial charge on any atom is 0.306 e. The molecular formula is C24H22FN3O4. The van der Waals surface area contributed by atoms with Crippen LogP contribution in [-0.2, 0) is 16.0 Å². The van der Waals surface area contributed by atoms with E-state index in [4.69, 9.17) is 14.0 Å². The number of aromatic amines is 1. The normalized spacial score (nSPS) is 15.2. The summed E-state index contributed by atoms with van der Waals surface area (Å²) in [5, 5.41) is 5.17. The van der Waals surface area contributed by atoms with E-state index in [1.165, 1.54) is 24.8 Å². The number of methoxy groups -OCH3 is 1. The lowest BCUT2D eigenvalue weighted by atomic mass is 10.0. The highest BCUT2D eigenvalue weighted by Crippen LogP contribution is 2.40. The number of rotatable bonds is 6. The standard InChI is InChI=1S/C24H22FN3O4/c1-3-31-21(29)12-13-4-7-16-17-10-14(5-8-19(17)26-22(13)16)23-27-24(32-28-23)15-6-9-20(30-2)18(25)11-15/h5-6,8-11,13,26H,3-4,7,12H2,1-2H3. The average molecular weight is 435 g/mol. The van der Waals surface area contributed by atoms with Crippen LogP contribution in [0.2, 0.25) is 0 Å². The molecule has 32 heavy (non-hydrogen) atoms. The Morgan fingerprint density at radius 1 is 1.25 bits per heavy atom. The molecule has 5 rings (SSSR count). The number of ether oxygens (including phenoxy) is 2. The van der Waals surface area contributed by atoms with Gasteiger partial charge in [-0.1, -0.05) is 5.16 Å². The van der Waals surface area contributed by atoms with Crippen LogP contribution < -0.4 is 4.74 Å². The fraction of sp³-hybridized carbons (Fsp3) is 0.292. The lowest BCUT2D eigenvalue weighted by Gasteiger charge is -2.08. The first-order valence-electron chi connectivity index (χ1n) is 10.6. The summed E-state index contributed by atoms with van der Waals surface area (Å²) in [4.78, 5) is 19.9. The summed E-state index contributed by atoms with van der Waals surface area (Å²) in [6.45, 7) is 2.21. The molecule has 0 saturated carbocycles. The Kier molecular flexibility index (Phi) is 5.13. The van der Waals surface area contributed by atoms with E-state index in [1.807, 2.05) is 25.1 Å². The molecule has 0 aliphatic heterocycles. The number of nitrogens with one attached hydrogen (secondary N) is 1. The Bertz CT molecular complexity index is 1310. The third-order valence-electron chi connectivity index (χ3n) is 5.89. The first kappa shape index (κ1) is 20.2. The molecule has 0 radical (unpaired) electrons. The van der Waals surface area contributed by atoms with Crippen molar-refractivity contribution in [1.29, 1.82) is 0 Å². The summed E-state index contributed by atoms with van der Waals surface area (Å²) >= 11 is 0. The fourth-order valence-corrected chi connectivity index (χ4v) is 4.37. The molecule has 1 aliphatic rings. The van der Waals surface area contributed by atoms with Crippen LogP contribution in [0.1, 0.15) is 36.9 Å². The van der Waals surface area contributed by atoms with Gasteiger partial charge in [0.2, 0.25) is 5.82 Å². The highest BCUT2D eigenvalue weighted by Gasteiger charge is 2.29. The number of fused-ring (bicyclic) bond motifs is 3. The summed E-state index contributed by atoms with van der Waals surface area (Å²) < 4.78 is 29.5. The quantitative estimate of drug-likeness (QED) is 0.428. The van der Waals surface area contributed by atoms with E-state index >= 15 is 0 Å². The van der Waals surface area contributed by atoms with Crippen molar-refractivity contribution in [3.63, 3.8) is 0 Å². The SMILES string of the molecule is CCOC(=O)CC1CCc2c1[nH]c1ccc(-c3noc(-c4ccc(OC)c(F)c4)n3)cc21. The van der Waals surface area contributed by atoms with Gasteiger partial charge in [-0.25, -0.2) is 4.39 Å². The first-order chi connectivity index (χ1) is 15.6. The summed E-state index contributed by atoms with van der Waals surface area (Å²) in [5.41, 5.74) is 4.61. The van der Waals surface area contributed by atoms with Crippen LogP contribution in [-0.4, -0.2) is 34.8 Å². The van der Waals surface area contributed by atoms with Gasteiger partial charge in [0, 0.05) is 33.6 Å². The number of esters is 1. The van der Waals surface area contributed by atoms with E-state index in [0.717, 1.165) is 35.0 Å². The average Bonchev–Trinajstić information content (AvgIpc) is 3.50. The van der Waals surface area contributed by atoms with Gasteiger partial charge < -0.3 is 19.0 Å². The van der Waals surface area contributed by atoms with Crippen LogP contribution in [0.25, 0.3) is 33.7 Å². The lowest BCUT2D eigenvalue weighted by molar-refractivity contribution is -0.143. The van der Waals surface area contributed by atoms with E-state index in [0.29, 0.717) is 24.4 Å². The molecule has 0 fully saturated rings. The molecule has 164 valence electrons. The minimum atomic E-state index is -0.494. The second-order valence-corrected chi connectivity index (χ2v) is 7.79. The third-order valence-corrected chi connectivity index (χ3v) is 5.89. The van der Waals surface area contributed by atoms with E-state index in [2.05, 4.69) is 15.1 Å². The fourth-order valence-electron chi connectivity index (χ4n) is 4.37. The van der Waals surface area contributed by atoms with Gasteiger partial charge in [0.05, 0.1) is 20.1 Å². The van der Waals surface area contributed by atoms with Crippen molar-refractivity contribution >= 4 is 16.9 Å². The second kappa shape index (κ2) is 8.11. The number of aromatic nitrogens is 3. The van der Waals surface area contributed by atoms with E-state index in [9.17, 15) is 9.18 Å². The Morgan fingerprint density at radius 3 is 2.88 bits per heavy atom. The predicted molar refractivity (Wildman–Crippen MR) is 116 cm³/mol. The molecule has 7 nitrogen and oxygen atoms in total. The van der Waals surface area contributed by atoms with Crippen LogP contribution in [0.15, 0.2) is 40.9 Å². The Hall–Kier alpha value is -3.68. The summed E-state index contributed by atoms with van der Waals surface area (Å²) in [7, 11) is 1.41. The number of hydrogen-bond donors (Lipinski definition) is 1. The smallest absolute Gasteiger partial charge is 0.306 e. The van der Waals surface area contributed by atoms with Crippen LogP contribution in [0, 0.1) is 5.82 Å². The number of carbonyl (C=O) groups is 1. The Labute approximate surface area is 183 Å². The van der Waals surface area contributed by atoms with Crippen LogP contribution >= 0.6 is 0 Å². The predicted octanol–water partition coefficient (Wildman–Crippen LogP) is 5.02. The number of hydrogen-bond acceptors (Lipinski definition) is 6. The van der Waals surface area contributed by atoms with Crippen molar-refractivity contribution in [2.45, 2.75) is 32.1 Å². The largest absolute Gasteiger partial charge is 0.494 e. The molecule has 1 unspecified atom stereocenters. The Morgan fingerprint density at radius 2 is 2.09 bits per heavy atom. The molecule has 0 amide bonds. The van der Waals surface area contributed by atoms with Crippen LogP contribution in [0.5, 0.6) is 5.75 Å². The molecule has 2 aromatic carbocycles. The van der Waals surface area contributed by atoms with Gasteiger partial charge in [0.1, 0.15) is 0 Å². The van der Waals surface area contributed by atoms with Gasteiger partial charge >= 0.3 is 5.97 Å². The van der Waals surface area contributed by atoms with Crippen molar-refractivity contribution in [1.82, 2.24) is 15.1 Å². The lowest BCUT2D eigenvalue weighted by Crippen LogP contribution is -2.08. The van der Waals surface area contributed by atoms with Gasteiger partial charge in [0.25, 0.3) is 5.89 Å². The summed E-state index contributed by atoms with van der Waals surface area (Å²) in [6.07, 6.45) is 2.19. The number of aryl methyl sites for hydroxylation is 1. The molecule has 0 bridgehead atoms. The van der Waals surface area contributed by atoms with Crippen molar-refractivity contribution in [3.05, 3.63) is 53.5 Å². The van der Waals surface area contributed by atoms with Gasteiger partial charge in [-0.2, -0.15) is 4.98 Å². The monoisotopic (exact) mass is 435 g/mol. The second-order valence-electron chi connectivity index (χ2n) is 7.79. The van der Waals surface area contributed by atoms with Crippen molar-refractivity contribution in [2.24, 2.45) is 0 Å². The van der Waals surface area contributed by atoms with Gasteiger partial charge in [-0.15, -0.1) is 0 Å². The van der Waals surface area contributed by atoms with Crippen molar-refractivity contribution in [3.8, 4) is 28.6 Å². The Balaban J connectivity index is 1.44. The molecule has 1 atom stereocenters. The number of H-pyrrole nitrogens is 1. The molecule has 0 spiro atoms. The maximum atomic E-state index is 14.0. The minimum Gasteiger partial charge on any atom is -0.494 e. The summed E-state index contributed by atoms with van der Waals surface area (Å²) in [5.74, 6) is 0.290. The molecule has 2 heterocycles. The molecule has 0 saturated heterocycles. The number of nitrogens with zero attached hydrogens (tertiary/aromatic N) is 2. The molecule has 1 N–H and O–H groups in total. The van der Waals surface area contributed by atoms with Gasteiger partial charge in [0.15, 0.2) is 11.6 Å². The topological polar surface area (TPSA) is 90.2 Å². The van der Waals surface area contributed by atoms with Crippen molar-refractivity contribution < 1.29 is 23.2 Å².